The van der Waals surface area contributed by atoms with Crippen LogP contribution in [0.2, 0.25) is 0 Å². The summed E-state index contributed by atoms with van der Waals surface area (Å²) >= 11 is 1.51. The summed E-state index contributed by atoms with van der Waals surface area (Å²) in [5.74, 6) is -0.297. The third kappa shape index (κ3) is 4.87. The second kappa shape index (κ2) is 8.70. The molecule has 0 saturated carbocycles. The van der Waals surface area contributed by atoms with Gasteiger partial charge in [-0.15, -0.1) is 11.3 Å². The molecule has 7 heteroatoms. The van der Waals surface area contributed by atoms with E-state index < -0.39 is 0 Å². The molecule has 0 bridgehead atoms. The SMILES string of the molecule is Cc1nc(-c2ccc(F)cc2)c(CC(=O)NCC(C)N2CCOCC2)s1. The Morgan fingerprint density at radius 2 is 2.04 bits per heavy atom. The standard InChI is InChI=1S/C19H24FN3O2S/c1-13(23-7-9-25-10-8-23)12-21-18(24)11-17-19(22-14(2)26-17)15-3-5-16(20)6-4-15/h3-6,13H,7-12H2,1-2H3,(H,21,24). The van der Waals surface area contributed by atoms with Crippen molar-refractivity contribution in [2.45, 2.75) is 26.3 Å². The number of aryl methyl sites for hydroxylation is 1. The molecule has 140 valence electrons. The normalized spacial score (nSPS) is 16.4. The lowest BCUT2D eigenvalue weighted by molar-refractivity contribution is -0.120. The number of thiazole rings is 1. The second-order valence-electron chi connectivity index (χ2n) is 6.49. The highest BCUT2D eigenvalue weighted by molar-refractivity contribution is 7.12. The van der Waals surface area contributed by atoms with E-state index >= 15 is 0 Å². The number of halogens is 1. The molecule has 1 saturated heterocycles. The van der Waals surface area contributed by atoms with Crippen molar-refractivity contribution in [2.24, 2.45) is 0 Å². The van der Waals surface area contributed by atoms with Gasteiger partial charge in [0, 0.05) is 36.1 Å². The molecular weight excluding hydrogens is 353 g/mol. The van der Waals surface area contributed by atoms with Crippen LogP contribution in [-0.2, 0) is 16.0 Å². The molecule has 1 N–H and O–H groups in total. The quantitative estimate of drug-likeness (QED) is 0.841. The number of rotatable bonds is 6. The van der Waals surface area contributed by atoms with Crippen LogP contribution < -0.4 is 5.32 Å². The van der Waals surface area contributed by atoms with Crippen LogP contribution in [0.5, 0.6) is 0 Å². The Bertz CT molecular complexity index is 742. The number of ether oxygens (including phenoxy) is 1. The van der Waals surface area contributed by atoms with E-state index in [0.29, 0.717) is 6.54 Å². The fourth-order valence-electron chi connectivity index (χ4n) is 3.04. The number of nitrogens with one attached hydrogen (secondary N) is 1. The number of carbonyl (C=O) groups excluding carboxylic acids is 1. The lowest BCUT2D eigenvalue weighted by Crippen LogP contribution is -2.47. The van der Waals surface area contributed by atoms with Crippen molar-refractivity contribution in [2.75, 3.05) is 32.8 Å². The van der Waals surface area contributed by atoms with Gasteiger partial charge in [-0.2, -0.15) is 0 Å². The van der Waals surface area contributed by atoms with E-state index in [4.69, 9.17) is 4.74 Å². The topological polar surface area (TPSA) is 54.5 Å². The Hall–Kier alpha value is -1.83. The number of benzene rings is 1. The maximum Gasteiger partial charge on any atom is 0.225 e. The maximum absolute atomic E-state index is 13.2. The molecule has 2 heterocycles. The van der Waals surface area contributed by atoms with Crippen LogP contribution in [0, 0.1) is 12.7 Å². The average Bonchev–Trinajstić information content (AvgIpc) is 3.01. The first-order valence-corrected chi connectivity index (χ1v) is 9.65. The van der Waals surface area contributed by atoms with Gasteiger partial charge in [-0.25, -0.2) is 9.37 Å². The molecule has 1 amide bonds. The van der Waals surface area contributed by atoms with E-state index in [0.717, 1.165) is 47.4 Å². The maximum atomic E-state index is 13.2. The molecule has 2 aromatic rings. The number of carbonyl (C=O) groups is 1. The van der Waals surface area contributed by atoms with Gasteiger partial charge in [-0.05, 0) is 38.1 Å². The largest absolute Gasteiger partial charge is 0.379 e. The molecule has 1 unspecified atom stereocenters. The van der Waals surface area contributed by atoms with Gasteiger partial charge in [0.1, 0.15) is 5.82 Å². The Morgan fingerprint density at radius 3 is 2.73 bits per heavy atom. The number of hydrogen-bond donors (Lipinski definition) is 1. The van der Waals surface area contributed by atoms with Crippen LogP contribution >= 0.6 is 11.3 Å². The Kier molecular flexibility index (Phi) is 6.34. The minimum absolute atomic E-state index is 0.0166. The van der Waals surface area contributed by atoms with Crippen molar-refractivity contribution in [3.8, 4) is 11.3 Å². The zero-order chi connectivity index (χ0) is 18.5. The van der Waals surface area contributed by atoms with Crippen LogP contribution in [0.15, 0.2) is 24.3 Å². The van der Waals surface area contributed by atoms with Gasteiger partial charge in [0.25, 0.3) is 0 Å². The van der Waals surface area contributed by atoms with Gasteiger partial charge in [0.2, 0.25) is 5.91 Å². The summed E-state index contributed by atoms with van der Waals surface area (Å²) < 4.78 is 18.5. The van der Waals surface area contributed by atoms with Gasteiger partial charge < -0.3 is 10.1 Å². The van der Waals surface area contributed by atoms with E-state index in [-0.39, 0.29) is 24.2 Å². The van der Waals surface area contributed by atoms with Crippen molar-refractivity contribution in [3.05, 3.63) is 40.0 Å². The molecule has 0 radical (unpaired) electrons. The zero-order valence-electron chi connectivity index (χ0n) is 15.1. The average molecular weight is 377 g/mol. The summed E-state index contributed by atoms with van der Waals surface area (Å²) in [6, 6.07) is 6.51. The minimum atomic E-state index is -0.280. The first kappa shape index (κ1) is 18.9. The predicted octanol–water partition coefficient (Wildman–Crippen LogP) is 2.64. The number of aromatic nitrogens is 1. The van der Waals surface area contributed by atoms with E-state index in [1.54, 1.807) is 12.1 Å². The molecule has 3 rings (SSSR count). The van der Waals surface area contributed by atoms with E-state index in [9.17, 15) is 9.18 Å². The summed E-state index contributed by atoms with van der Waals surface area (Å²) in [7, 11) is 0. The summed E-state index contributed by atoms with van der Waals surface area (Å²) in [6.45, 7) is 7.95. The highest BCUT2D eigenvalue weighted by atomic mass is 32.1. The fourth-order valence-corrected chi connectivity index (χ4v) is 4.00. The summed E-state index contributed by atoms with van der Waals surface area (Å²) in [6.07, 6.45) is 0.286. The number of hydrogen-bond acceptors (Lipinski definition) is 5. The molecule has 1 aliphatic rings. The molecule has 1 fully saturated rings. The molecule has 0 aliphatic carbocycles. The Labute approximate surface area is 157 Å². The summed E-state index contributed by atoms with van der Waals surface area (Å²) in [4.78, 5) is 20.2. The summed E-state index contributed by atoms with van der Waals surface area (Å²) in [5.41, 5.74) is 1.60. The zero-order valence-corrected chi connectivity index (χ0v) is 15.9. The molecule has 5 nitrogen and oxygen atoms in total. The van der Waals surface area contributed by atoms with Crippen LogP contribution in [0.25, 0.3) is 11.3 Å². The van der Waals surface area contributed by atoms with Crippen LogP contribution in [0.1, 0.15) is 16.8 Å². The van der Waals surface area contributed by atoms with Gasteiger partial charge in [-0.1, -0.05) is 0 Å². The van der Waals surface area contributed by atoms with E-state index in [2.05, 4.69) is 22.1 Å². The highest BCUT2D eigenvalue weighted by Crippen LogP contribution is 2.28. The fraction of sp³-hybridized carbons (Fsp3) is 0.474. The first-order valence-electron chi connectivity index (χ1n) is 8.83. The lowest BCUT2D eigenvalue weighted by atomic mass is 10.1. The summed E-state index contributed by atoms with van der Waals surface area (Å²) in [5, 5.41) is 3.92. The molecule has 26 heavy (non-hydrogen) atoms. The van der Waals surface area contributed by atoms with Gasteiger partial charge in [0.15, 0.2) is 0 Å². The van der Waals surface area contributed by atoms with E-state index in [1.165, 1.54) is 23.5 Å². The monoisotopic (exact) mass is 377 g/mol. The first-order chi connectivity index (χ1) is 12.5. The van der Waals surface area contributed by atoms with Gasteiger partial charge >= 0.3 is 0 Å². The smallest absolute Gasteiger partial charge is 0.225 e. The Morgan fingerprint density at radius 1 is 1.35 bits per heavy atom. The van der Waals surface area contributed by atoms with Crippen LogP contribution in [-0.4, -0.2) is 54.7 Å². The minimum Gasteiger partial charge on any atom is -0.379 e. The molecule has 1 aromatic heterocycles. The molecule has 1 aliphatic heterocycles. The third-order valence-electron chi connectivity index (χ3n) is 4.51. The van der Waals surface area contributed by atoms with Crippen molar-refractivity contribution >= 4 is 17.2 Å². The van der Waals surface area contributed by atoms with Crippen LogP contribution in [0.3, 0.4) is 0 Å². The molecular formula is C19H24FN3O2S. The van der Waals surface area contributed by atoms with Crippen LogP contribution in [0.4, 0.5) is 4.39 Å². The number of amides is 1. The molecule has 1 aromatic carbocycles. The van der Waals surface area contributed by atoms with Crippen molar-refractivity contribution in [1.82, 2.24) is 15.2 Å². The number of morpholine rings is 1. The van der Waals surface area contributed by atoms with Crippen molar-refractivity contribution < 1.29 is 13.9 Å². The molecule has 0 spiro atoms. The molecule has 1 atom stereocenters. The van der Waals surface area contributed by atoms with Gasteiger partial charge in [-0.3, -0.25) is 9.69 Å². The van der Waals surface area contributed by atoms with E-state index in [1.807, 2.05) is 6.92 Å². The van der Waals surface area contributed by atoms with Gasteiger partial charge in [0.05, 0.1) is 30.3 Å². The third-order valence-corrected chi connectivity index (χ3v) is 5.48. The number of nitrogens with zero attached hydrogens (tertiary/aromatic N) is 2. The second-order valence-corrected chi connectivity index (χ2v) is 7.78. The lowest BCUT2D eigenvalue weighted by Gasteiger charge is -2.32. The predicted molar refractivity (Wildman–Crippen MR) is 101 cm³/mol. The Balaban J connectivity index is 1.60. The van der Waals surface area contributed by atoms with Crippen molar-refractivity contribution in [1.29, 1.82) is 0 Å². The highest BCUT2D eigenvalue weighted by Gasteiger charge is 2.19. The van der Waals surface area contributed by atoms with Crippen molar-refractivity contribution in [3.63, 3.8) is 0 Å².